The Labute approximate surface area is 331 Å². The predicted octanol–water partition coefficient (Wildman–Crippen LogP) is 12.1. The molecule has 0 aliphatic heterocycles. The number of unbranched alkanes of at least 4 members (excludes halogenated alkanes) is 27. The van der Waals surface area contributed by atoms with Gasteiger partial charge in [0.1, 0.15) is 12.1 Å². The van der Waals surface area contributed by atoms with Crippen molar-refractivity contribution >= 4 is 19.8 Å². The highest BCUT2D eigenvalue weighted by atomic mass is 31.2. The number of hydrogen-bond donors (Lipinski definition) is 3. The SMILES string of the molecule is CCCCCCCC/C=C\CCCCCCCC(=O)OC(COCCCCCCCCCCCCCCCCCCC)COP(=O)(O)OCC(N)C(=O)O. The van der Waals surface area contributed by atoms with Crippen LogP contribution in [0.15, 0.2) is 12.2 Å². The summed E-state index contributed by atoms with van der Waals surface area (Å²) in [6.45, 7) is 3.90. The molecule has 0 aromatic rings. The van der Waals surface area contributed by atoms with Gasteiger partial charge in [-0.25, -0.2) is 4.57 Å². The van der Waals surface area contributed by atoms with Crippen molar-refractivity contribution in [1.29, 1.82) is 0 Å². The van der Waals surface area contributed by atoms with E-state index < -0.39 is 45.1 Å². The van der Waals surface area contributed by atoms with E-state index in [0.29, 0.717) is 13.0 Å². The molecule has 0 heterocycles. The monoisotopic (exact) mass is 790 g/mol. The van der Waals surface area contributed by atoms with Gasteiger partial charge in [0.05, 0.1) is 19.8 Å². The van der Waals surface area contributed by atoms with E-state index in [0.717, 1.165) is 51.4 Å². The Morgan fingerprint density at radius 3 is 1.41 bits per heavy atom. The highest BCUT2D eigenvalue weighted by Gasteiger charge is 2.27. The molecule has 320 valence electrons. The molecule has 0 fully saturated rings. The maximum absolute atomic E-state index is 12.6. The second kappa shape index (κ2) is 39.9. The third-order valence-corrected chi connectivity index (χ3v) is 10.7. The fourth-order valence-corrected chi connectivity index (χ4v) is 7.08. The van der Waals surface area contributed by atoms with Gasteiger partial charge in [0.15, 0.2) is 0 Å². The van der Waals surface area contributed by atoms with Crippen LogP contribution in [-0.2, 0) is 32.7 Å². The van der Waals surface area contributed by atoms with Crippen molar-refractivity contribution in [3.8, 4) is 0 Å². The first-order valence-electron chi connectivity index (χ1n) is 22.2. The van der Waals surface area contributed by atoms with E-state index in [1.807, 2.05) is 0 Å². The van der Waals surface area contributed by atoms with Crippen molar-refractivity contribution in [1.82, 2.24) is 0 Å². The van der Waals surface area contributed by atoms with Crippen LogP contribution in [0.25, 0.3) is 0 Å². The quantitative estimate of drug-likeness (QED) is 0.0235. The molecule has 0 aromatic carbocycles. The third kappa shape index (κ3) is 39.0. The van der Waals surface area contributed by atoms with Gasteiger partial charge in [0, 0.05) is 13.0 Å². The molecule has 0 amide bonds. The summed E-state index contributed by atoms with van der Waals surface area (Å²) in [7, 11) is -4.61. The molecule has 0 saturated heterocycles. The summed E-state index contributed by atoms with van der Waals surface area (Å²) in [5.74, 6) is -1.78. The number of carboxylic acids is 1. The molecular formula is C43H84NO9P. The van der Waals surface area contributed by atoms with Crippen molar-refractivity contribution in [2.24, 2.45) is 5.73 Å². The molecule has 0 aliphatic carbocycles. The number of rotatable bonds is 43. The lowest BCUT2D eigenvalue weighted by Gasteiger charge is -2.20. The van der Waals surface area contributed by atoms with Gasteiger partial charge >= 0.3 is 19.8 Å². The van der Waals surface area contributed by atoms with Crippen LogP contribution >= 0.6 is 7.82 Å². The van der Waals surface area contributed by atoms with E-state index in [-0.39, 0.29) is 13.0 Å². The number of phosphoric ester groups is 1. The van der Waals surface area contributed by atoms with Crippen molar-refractivity contribution in [3.05, 3.63) is 12.2 Å². The topological polar surface area (TPSA) is 155 Å². The first-order valence-corrected chi connectivity index (χ1v) is 23.7. The van der Waals surface area contributed by atoms with E-state index in [1.165, 1.54) is 135 Å². The summed E-state index contributed by atoms with van der Waals surface area (Å²) < 4.78 is 33.4. The number of phosphoric acid groups is 1. The maximum Gasteiger partial charge on any atom is 0.472 e. The highest BCUT2D eigenvalue weighted by Crippen LogP contribution is 2.43. The van der Waals surface area contributed by atoms with Crippen molar-refractivity contribution < 1.29 is 42.7 Å². The van der Waals surface area contributed by atoms with Gasteiger partial charge in [-0.3, -0.25) is 18.6 Å². The fourth-order valence-electron chi connectivity index (χ4n) is 6.31. The minimum Gasteiger partial charge on any atom is -0.480 e. The normalized spacial score (nSPS) is 14.0. The Morgan fingerprint density at radius 2 is 0.963 bits per heavy atom. The molecular weight excluding hydrogens is 705 g/mol. The van der Waals surface area contributed by atoms with Gasteiger partial charge in [-0.15, -0.1) is 0 Å². The first-order chi connectivity index (χ1) is 26.2. The second-order valence-electron chi connectivity index (χ2n) is 15.2. The van der Waals surface area contributed by atoms with E-state index in [4.69, 9.17) is 29.4 Å². The number of aliphatic carboxylic acids is 1. The molecule has 11 heteroatoms. The number of allylic oxidation sites excluding steroid dienone is 2. The molecule has 0 rings (SSSR count). The smallest absolute Gasteiger partial charge is 0.472 e. The van der Waals surface area contributed by atoms with Gasteiger partial charge in [-0.05, 0) is 38.5 Å². The first kappa shape index (κ1) is 52.7. The van der Waals surface area contributed by atoms with Gasteiger partial charge in [-0.2, -0.15) is 0 Å². The van der Waals surface area contributed by atoms with E-state index in [1.54, 1.807) is 0 Å². The standard InChI is InChI=1S/C43H84NO9P/c1-3-5-7-9-11-13-15-17-19-20-22-24-26-28-30-32-34-36-50-37-40(38-51-54(48,49)52-39-41(44)43(46)47)53-42(45)35-33-31-29-27-25-23-21-18-16-14-12-10-8-6-4-2/h18,21,40-41H,3-17,19-20,22-39,44H2,1-2H3,(H,46,47)(H,48,49)/b21-18-. The molecule has 4 N–H and O–H groups in total. The lowest BCUT2D eigenvalue weighted by molar-refractivity contribution is -0.154. The zero-order valence-corrected chi connectivity index (χ0v) is 35.7. The Kier molecular flexibility index (Phi) is 39.0. The molecule has 3 atom stereocenters. The molecule has 0 bridgehead atoms. The Morgan fingerprint density at radius 1 is 0.574 bits per heavy atom. The van der Waals surface area contributed by atoms with Gasteiger partial charge in [0.2, 0.25) is 0 Å². The molecule has 0 aliphatic rings. The van der Waals surface area contributed by atoms with Crippen LogP contribution in [0.5, 0.6) is 0 Å². The summed E-state index contributed by atoms with van der Waals surface area (Å²) in [5.41, 5.74) is 5.35. The summed E-state index contributed by atoms with van der Waals surface area (Å²) in [4.78, 5) is 33.5. The van der Waals surface area contributed by atoms with Crippen LogP contribution < -0.4 is 5.73 Å². The van der Waals surface area contributed by atoms with Crippen LogP contribution in [0.4, 0.5) is 0 Å². The Hall–Kier alpha value is -1.29. The zero-order chi connectivity index (χ0) is 39.8. The summed E-state index contributed by atoms with van der Waals surface area (Å²) in [5, 5.41) is 8.89. The highest BCUT2D eigenvalue weighted by molar-refractivity contribution is 7.47. The van der Waals surface area contributed by atoms with E-state index >= 15 is 0 Å². The molecule has 0 aromatic heterocycles. The molecule has 0 radical (unpaired) electrons. The van der Waals surface area contributed by atoms with E-state index in [2.05, 4.69) is 26.0 Å². The van der Waals surface area contributed by atoms with Crippen molar-refractivity contribution in [3.63, 3.8) is 0 Å². The maximum atomic E-state index is 12.6. The van der Waals surface area contributed by atoms with Gasteiger partial charge in [-0.1, -0.05) is 180 Å². The van der Waals surface area contributed by atoms with Crippen LogP contribution in [0, 0.1) is 0 Å². The molecule has 10 nitrogen and oxygen atoms in total. The lowest BCUT2D eigenvalue weighted by Crippen LogP contribution is -2.34. The lowest BCUT2D eigenvalue weighted by atomic mass is 10.0. The number of nitrogens with two attached hydrogens (primary N) is 1. The Balaban J connectivity index is 4.20. The third-order valence-electron chi connectivity index (χ3n) is 9.79. The number of esters is 1. The number of carbonyl (C=O) groups is 2. The summed E-state index contributed by atoms with van der Waals surface area (Å²) in [6.07, 6.45) is 41.1. The number of carboxylic acid groups (broad SMARTS) is 1. The molecule has 54 heavy (non-hydrogen) atoms. The number of carbonyl (C=O) groups excluding carboxylic acids is 1. The summed E-state index contributed by atoms with van der Waals surface area (Å²) in [6, 6.07) is -1.47. The van der Waals surface area contributed by atoms with Gasteiger partial charge < -0.3 is 25.2 Å². The molecule has 3 unspecified atom stereocenters. The minimum atomic E-state index is -4.61. The number of hydrogen-bond acceptors (Lipinski definition) is 8. The van der Waals surface area contributed by atoms with Crippen molar-refractivity contribution in [2.45, 2.75) is 225 Å². The van der Waals surface area contributed by atoms with Crippen LogP contribution in [-0.4, -0.2) is 60.5 Å². The van der Waals surface area contributed by atoms with Gasteiger partial charge in [0.25, 0.3) is 0 Å². The average molecular weight is 790 g/mol. The van der Waals surface area contributed by atoms with Crippen LogP contribution in [0.2, 0.25) is 0 Å². The molecule has 0 saturated carbocycles. The summed E-state index contributed by atoms with van der Waals surface area (Å²) >= 11 is 0. The second-order valence-corrected chi connectivity index (χ2v) is 16.6. The largest absolute Gasteiger partial charge is 0.480 e. The predicted molar refractivity (Wildman–Crippen MR) is 222 cm³/mol. The zero-order valence-electron chi connectivity index (χ0n) is 34.8. The van der Waals surface area contributed by atoms with E-state index in [9.17, 15) is 19.0 Å². The van der Waals surface area contributed by atoms with Crippen LogP contribution in [0.1, 0.15) is 213 Å². The molecule has 0 spiro atoms. The minimum absolute atomic E-state index is 0.0195. The van der Waals surface area contributed by atoms with Crippen molar-refractivity contribution in [2.75, 3.05) is 26.4 Å². The number of ether oxygens (including phenoxy) is 2. The average Bonchev–Trinajstić information content (AvgIpc) is 3.15. The Bertz CT molecular complexity index is 919. The fraction of sp³-hybridized carbons (Fsp3) is 0.907. The van der Waals surface area contributed by atoms with Crippen LogP contribution in [0.3, 0.4) is 0 Å².